The second-order valence-electron chi connectivity index (χ2n) is 2.82. The molecule has 0 aromatic rings. The maximum atomic E-state index is 5.10. The maximum Gasteiger partial charge on any atom is 0.0270 e. The zero-order valence-electron chi connectivity index (χ0n) is 6.84. The molecule has 62 valence electrons. The molecule has 2 nitrogen and oxygen atoms in total. The van der Waals surface area contributed by atoms with Crippen LogP contribution in [0.5, 0.6) is 0 Å². The summed E-state index contributed by atoms with van der Waals surface area (Å²) in [5.41, 5.74) is 0. The van der Waals surface area contributed by atoms with Crippen molar-refractivity contribution >= 4 is 11.9 Å². The van der Waals surface area contributed by atoms with Crippen LogP contribution in [0.3, 0.4) is 0 Å². The average molecular weight is 170 g/mol. The summed E-state index contributed by atoms with van der Waals surface area (Å²) in [5, 5.41) is 2.93. The fourth-order valence-corrected chi connectivity index (χ4v) is 2.32. The lowest BCUT2D eigenvalue weighted by molar-refractivity contribution is 0.381. The smallest absolute Gasteiger partial charge is 0.0270 e. The largest absolute Gasteiger partial charge is 0.346 e. The highest BCUT2D eigenvalue weighted by atomic mass is 32.2. The molecule has 1 heterocycles. The van der Waals surface area contributed by atoms with Crippen molar-refractivity contribution in [3.05, 3.63) is 0 Å². The third-order valence-electron chi connectivity index (χ3n) is 1.85. The number of rotatable bonds is 2. The fourth-order valence-electron chi connectivity index (χ4n) is 1.25. The van der Waals surface area contributed by atoms with Crippen LogP contribution in [-0.4, -0.2) is 30.2 Å². The second-order valence-corrected chi connectivity index (χ2v) is 4.11. The zero-order valence-corrected chi connectivity index (χ0v) is 7.66. The average Bonchev–Trinajstić information content (AvgIpc) is 2.01. The molecule has 0 spiro atoms. The van der Waals surface area contributed by atoms with Crippen molar-refractivity contribution in [3.8, 4) is 12.5 Å². The summed E-state index contributed by atoms with van der Waals surface area (Å²) < 4.78 is 2.28. The minimum Gasteiger partial charge on any atom is -0.346 e. The molecule has 1 unspecified atom stereocenters. The van der Waals surface area contributed by atoms with Crippen molar-refractivity contribution in [2.24, 2.45) is 5.92 Å². The monoisotopic (exact) mass is 170 g/mol. The van der Waals surface area contributed by atoms with Crippen LogP contribution in [0.25, 0.3) is 0 Å². The van der Waals surface area contributed by atoms with Gasteiger partial charge in [-0.25, -0.2) is 0 Å². The van der Waals surface area contributed by atoms with Crippen LogP contribution in [0.2, 0.25) is 0 Å². The van der Waals surface area contributed by atoms with Gasteiger partial charge in [0.1, 0.15) is 0 Å². The molecule has 1 aliphatic heterocycles. The molecule has 0 aromatic heterocycles. The van der Waals surface area contributed by atoms with Gasteiger partial charge in [-0.15, -0.1) is 0 Å². The van der Waals surface area contributed by atoms with E-state index < -0.39 is 0 Å². The molecule has 1 rings (SSSR count). The van der Waals surface area contributed by atoms with Crippen molar-refractivity contribution in [3.63, 3.8) is 0 Å². The highest BCUT2D eigenvalue weighted by Gasteiger charge is 2.16. The van der Waals surface area contributed by atoms with E-state index in [-0.39, 0.29) is 0 Å². The quantitative estimate of drug-likeness (QED) is 0.374. The standard InChI is InChI=1S/C8H14N2S/c1-3-9-6-8-4-5-11-10(2)7-8/h1,8-9H,4-7H2,2H3. The molecule has 11 heavy (non-hydrogen) atoms. The first-order chi connectivity index (χ1) is 5.33. The van der Waals surface area contributed by atoms with Gasteiger partial charge in [0.25, 0.3) is 0 Å². The van der Waals surface area contributed by atoms with Gasteiger partial charge >= 0.3 is 0 Å². The van der Waals surface area contributed by atoms with E-state index in [0.29, 0.717) is 0 Å². The number of hydrogen-bond donors (Lipinski definition) is 1. The summed E-state index contributed by atoms with van der Waals surface area (Å²) in [6.45, 7) is 2.11. The highest BCUT2D eigenvalue weighted by Crippen LogP contribution is 2.21. The summed E-state index contributed by atoms with van der Waals surface area (Å²) in [5.74, 6) is 1.96. The first kappa shape index (κ1) is 8.76. The van der Waals surface area contributed by atoms with Crippen LogP contribution in [0.4, 0.5) is 0 Å². The maximum absolute atomic E-state index is 5.10. The SMILES string of the molecule is C#CNCC1CCSN(C)C1. The van der Waals surface area contributed by atoms with Gasteiger partial charge in [0.05, 0.1) is 0 Å². The van der Waals surface area contributed by atoms with Gasteiger partial charge < -0.3 is 5.32 Å². The number of terminal acetylenes is 1. The Morgan fingerprint density at radius 3 is 3.27 bits per heavy atom. The summed E-state index contributed by atoms with van der Waals surface area (Å²) in [6, 6.07) is 2.45. The second kappa shape index (κ2) is 4.53. The normalized spacial score (nSPS) is 26.0. The Hall–Kier alpha value is -0.330. The predicted molar refractivity (Wildman–Crippen MR) is 50.0 cm³/mol. The molecule has 0 radical (unpaired) electrons. The van der Waals surface area contributed by atoms with Crippen molar-refractivity contribution in [2.75, 3.05) is 25.9 Å². The molecule has 3 heteroatoms. The van der Waals surface area contributed by atoms with Crippen LogP contribution in [0.15, 0.2) is 0 Å². The molecule has 1 fully saturated rings. The molecule has 1 N–H and O–H groups in total. The summed E-state index contributed by atoms with van der Waals surface area (Å²) in [4.78, 5) is 0. The number of nitrogens with one attached hydrogen (secondary N) is 1. The summed E-state index contributed by atoms with van der Waals surface area (Å²) in [7, 11) is 2.13. The lowest BCUT2D eigenvalue weighted by atomic mass is 10.1. The molecule has 0 aliphatic carbocycles. The molecule has 1 aliphatic rings. The summed E-state index contributed by atoms with van der Waals surface area (Å²) >= 11 is 1.91. The number of hydrogen-bond acceptors (Lipinski definition) is 3. The van der Waals surface area contributed by atoms with Crippen molar-refractivity contribution in [1.29, 1.82) is 0 Å². The molecular formula is C8H14N2S. The van der Waals surface area contributed by atoms with Gasteiger partial charge in [0.2, 0.25) is 0 Å². The Morgan fingerprint density at radius 1 is 1.82 bits per heavy atom. The van der Waals surface area contributed by atoms with Crippen LogP contribution >= 0.6 is 11.9 Å². The molecule has 0 aromatic carbocycles. The fraction of sp³-hybridized carbons (Fsp3) is 0.750. The van der Waals surface area contributed by atoms with E-state index in [1.165, 1.54) is 12.2 Å². The van der Waals surface area contributed by atoms with Gasteiger partial charge in [-0.1, -0.05) is 18.4 Å². The van der Waals surface area contributed by atoms with Crippen LogP contribution < -0.4 is 5.32 Å². The number of nitrogens with zero attached hydrogens (tertiary/aromatic N) is 1. The van der Waals surface area contributed by atoms with Gasteiger partial charge in [-0.05, 0) is 19.4 Å². The molecule has 1 atom stereocenters. The third-order valence-corrected chi connectivity index (χ3v) is 2.85. The van der Waals surface area contributed by atoms with Gasteiger partial charge in [-0.2, -0.15) is 0 Å². The van der Waals surface area contributed by atoms with E-state index in [0.717, 1.165) is 19.0 Å². The Kier molecular flexibility index (Phi) is 3.61. The molecule has 0 amide bonds. The first-order valence-corrected chi connectivity index (χ1v) is 4.79. The van der Waals surface area contributed by atoms with E-state index in [2.05, 4.69) is 22.7 Å². The minimum atomic E-state index is 0.734. The van der Waals surface area contributed by atoms with Crippen LogP contribution in [-0.2, 0) is 0 Å². The van der Waals surface area contributed by atoms with E-state index in [1.807, 2.05) is 11.9 Å². The van der Waals surface area contributed by atoms with E-state index in [9.17, 15) is 0 Å². The van der Waals surface area contributed by atoms with Crippen molar-refractivity contribution < 1.29 is 0 Å². The minimum absolute atomic E-state index is 0.734. The van der Waals surface area contributed by atoms with Gasteiger partial charge in [-0.3, -0.25) is 4.31 Å². The van der Waals surface area contributed by atoms with E-state index in [1.54, 1.807) is 0 Å². The third kappa shape index (κ3) is 3.04. The Bertz CT molecular complexity index is 153. The van der Waals surface area contributed by atoms with E-state index >= 15 is 0 Å². The van der Waals surface area contributed by atoms with E-state index in [4.69, 9.17) is 6.42 Å². The first-order valence-electron chi connectivity index (χ1n) is 3.85. The van der Waals surface area contributed by atoms with Crippen LogP contribution in [0, 0.1) is 18.4 Å². The topological polar surface area (TPSA) is 15.3 Å². The van der Waals surface area contributed by atoms with Crippen molar-refractivity contribution in [1.82, 2.24) is 9.62 Å². The Balaban J connectivity index is 2.18. The molecular weight excluding hydrogens is 156 g/mol. The van der Waals surface area contributed by atoms with Gasteiger partial charge in [0.15, 0.2) is 0 Å². The molecule has 1 saturated heterocycles. The molecule has 0 saturated carbocycles. The molecule has 0 bridgehead atoms. The Morgan fingerprint density at radius 2 is 2.64 bits per heavy atom. The highest BCUT2D eigenvalue weighted by molar-refractivity contribution is 7.97. The Labute approximate surface area is 72.9 Å². The summed E-state index contributed by atoms with van der Waals surface area (Å²) in [6.07, 6.45) is 6.38. The van der Waals surface area contributed by atoms with Crippen molar-refractivity contribution in [2.45, 2.75) is 6.42 Å². The lowest BCUT2D eigenvalue weighted by Crippen LogP contribution is -2.32. The predicted octanol–water partition coefficient (Wildman–Crippen LogP) is 0.767. The van der Waals surface area contributed by atoms with Crippen LogP contribution in [0.1, 0.15) is 6.42 Å². The zero-order chi connectivity index (χ0) is 8.10. The van der Waals surface area contributed by atoms with Gasteiger partial charge in [0, 0.05) is 24.9 Å². The lowest BCUT2D eigenvalue weighted by Gasteiger charge is -2.28.